The first kappa shape index (κ1) is 18.2. The molecule has 3 aromatic rings. The van der Waals surface area contributed by atoms with Gasteiger partial charge in [-0.3, -0.25) is 9.36 Å². The first-order valence-corrected chi connectivity index (χ1v) is 9.48. The van der Waals surface area contributed by atoms with Crippen LogP contribution in [0.1, 0.15) is 11.1 Å². The zero-order valence-corrected chi connectivity index (χ0v) is 15.9. The molecule has 5 nitrogen and oxygen atoms in total. The van der Waals surface area contributed by atoms with E-state index in [4.69, 9.17) is 0 Å². The van der Waals surface area contributed by atoms with Crippen molar-refractivity contribution < 1.29 is 9.18 Å². The number of rotatable bonds is 4. The molecule has 0 unspecified atom stereocenters. The quantitative estimate of drug-likeness (QED) is 0.700. The number of hydrogen-bond acceptors (Lipinski definition) is 3. The van der Waals surface area contributed by atoms with Crippen LogP contribution in [0.3, 0.4) is 0 Å². The van der Waals surface area contributed by atoms with Crippen LogP contribution in [0.4, 0.5) is 10.3 Å². The van der Waals surface area contributed by atoms with Crippen LogP contribution >= 0.6 is 0 Å². The van der Waals surface area contributed by atoms with Gasteiger partial charge in [0.15, 0.2) is 0 Å². The Hall–Kier alpha value is -3.15. The highest BCUT2D eigenvalue weighted by Crippen LogP contribution is 2.20. The second-order valence-corrected chi connectivity index (χ2v) is 7.10. The lowest BCUT2D eigenvalue weighted by molar-refractivity contribution is -0.130. The number of imidazole rings is 1. The van der Waals surface area contributed by atoms with Crippen LogP contribution in [0.2, 0.25) is 0 Å². The van der Waals surface area contributed by atoms with Gasteiger partial charge in [0.25, 0.3) is 0 Å². The molecule has 1 aliphatic heterocycles. The lowest BCUT2D eigenvalue weighted by Gasteiger charge is -2.35. The van der Waals surface area contributed by atoms with Crippen LogP contribution in [0.5, 0.6) is 0 Å². The van der Waals surface area contributed by atoms with E-state index in [1.165, 1.54) is 17.7 Å². The van der Waals surface area contributed by atoms with E-state index >= 15 is 0 Å². The maximum Gasteiger partial charge on any atom is 0.227 e. The summed E-state index contributed by atoms with van der Waals surface area (Å²) in [6.45, 7) is 4.85. The van der Waals surface area contributed by atoms with Crippen molar-refractivity contribution in [1.29, 1.82) is 0 Å². The molecule has 144 valence electrons. The van der Waals surface area contributed by atoms with Gasteiger partial charge in [-0.25, -0.2) is 9.37 Å². The van der Waals surface area contributed by atoms with Gasteiger partial charge in [0, 0.05) is 44.3 Å². The standard InChI is InChI=1S/C22H23FN4O/c1-17-2-8-20(9-3-17)27-11-10-24-22(27)26-14-12-25(13-15-26)21(28)16-18-4-6-19(23)7-5-18/h2-11H,12-16H2,1H3. The van der Waals surface area contributed by atoms with Gasteiger partial charge < -0.3 is 9.80 Å². The third-order valence-electron chi connectivity index (χ3n) is 5.12. The van der Waals surface area contributed by atoms with Crippen molar-refractivity contribution in [2.75, 3.05) is 31.1 Å². The number of amides is 1. The molecule has 0 spiro atoms. The first-order chi connectivity index (χ1) is 13.6. The summed E-state index contributed by atoms with van der Waals surface area (Å²) >= 11 is 0. The van der Waals surface area contributed by atoms with Crippen molar-refractivity contribution in [3.8, 4) is 5.69 Å². The molecule has 4 rings (SSSR count). The molecular formula is C22H23FN4O. The van der Waals surface area contributed by atoms with Crippen molar-refractivity contribution in [3.63, 3.8) is 0 Å². The monoisotopic (exact) mass is 378 g/mol. The van der Waals surface area contributed by atoms with Crippen LogP contribution in [0, 0.1) is 12.7 Å². The number of hydrogen-bond donors (Lipinski definition) is 0. The van der Waals surface area contributed by atoms with E-state index in [9.17, 15) is 9.18 Å². The maximum atomic E-state index is 13.0. The number of benzene rings is 2. The van der Waals surface area contributed by atoms with E-state index in [2.05, 4.69) is 45.6 Å². The highest BCUT2D eigenvalue weighted by molar-refractivity contribution is 5.79. The second kappa shape index (κ2) is 7.84. The molecule has 1 aromatic heterocycles. The Bertz CT molecular complexity index is 941. The minimum absolute atomic E-state index is 0.0770. The number of carbonyl (C=O) groups is 1. The highest BCUT2D eigenvalue weighted by atomic mass is 19.1. The van der Waals surface area contributed by atoms with Gasteiger partial charge in [0.05, 0.1) is 6.42 Å². The first-order valence-electron chi connectivity index (χ1n) is 9.48. The number of nitrogens with zero attached hydrogens (tertiary/aromatic N) is 4. The highest BCUT2D eigenvalue weighted by Gasteiger charge is 2.23. The summed E-state index contributed by atoms with van der Waals surface area (Å²) in [4.78, 5) is 21.2. The molecule has 2 aromatic carbocycles. The van der Waals surface area contributed by atoms with Crippen molar-refractivity contribution >= 4 is 11.9 Å². The van der Waals surface area contributed by atoms with Gasteiger partial charge in [0.2, 0.25) is 11.9 Å². The summed E-state index contributed by atoms with van der Waals surface area (Å²) in [6.07, 6.45) is 4.07. The Balaban J connectivity index is 1.39. The second-order valence-electron chi connectivity index (χ2n) is 7.10. The Labute approximate surface area is 164 Å². The fourth-order valence-electron chi connectivity index (χ4n) is 3.48. The van der Waals surface area contributed by atoms with E-state index < -0.39 is 0 Å². The number of piperazine rings is 1. The predicted octanol–water partition coefficient (Wildman–Crippen LogP) is 3.21. The number of anilines is 1. The average Bonchev–Trinajstić information content (AvgIpc) is 3.20. The summed E-state index contributed by atoms with van der Waals surface area (Å²) in [5.41, 5.74) is 3.13. The topological polar surface area (TPSA) is 41.4 Å². The summed E-state index contributed by atoms with van der Waals surface area (Å²) in [6, 6.07) is 14.5. The largest absolute Gasteiger partial charge is 0.339 e. The van der Waals surface area contributed by atoms with Gasteiger partial charge in [0.1, 0.15) is 5.82 Å². The van der Waals surface area contributed by atoms with Crippen molar-refractivity contribution in [2.45, 2.75) is 13.3 Å². The van der Waals surface area contributed by atoms with Crippen LogP contribution in [0.25, 0.3) is 5.69 Å². The van der Waals surface area contributed by atoms with E-state index in [0.29, 0.717) is 19.5 Å². The molecule has 0 N–H and O–H groups in total. The van der Waals surface area contributed by atoms with E-state index in [-0.39, 0.29) is 11.7 Å². The molecule has 0 aliphatic carbocycles. The molecule has 0 saturated carbocycles. The van der Waals surface area contributed by atoms with Crippen LogP contribution < -0.4 is 4.90 Å². The third kappa shape index (κ3) is 3.91. The van der Waals surface area contributed by atoms with Gasteiger partial charge >= 0.3 is 0 Å². The van der Waals surface area contributed by atoms with E-state index in [1.54, 1.807) is 18.3 Å². The summed E-state index contributed by atoms with van der Waals surface area (Å²) < 4.78 is 15.1. The molecule has 1 amide bonds. The SMILES string of the molecule is Cc1ccc(-n2ccnc2N2CCN(C(=O)Cc3ccc(F)cc3)CC2)cc1. The third-order valence-corrected chi connectivity index (χ3v) is 5.12. The minimum atomic E-state index is -0.283. The molecule has 28 heavy (non-hydrogen) atoms. The lowest BCUT2D eigenvalue weighted by Crippen LogP contribution is -2.49. The van der Waals surface area contributed by atoms with Crippen molar-refractivity contribution in [3.05, 3.63) is 77.9 Å². The molecule has 1 fully saturated rings. The molecule has 6 heteroatoms. The van der Waals surface area contributed by atoms with Crippen molar-refractivity contribution in [2.24, 2.45) is 0 Å². The molecule has 2 heterocycles. The van der Waals surface area contributed by atoms with E-state index in [0.717, 1.165) is 30.3 Å². The summed E-state index contributed by atoms with van der Waals surface area (Å²) in [7, 11) is 0. The maximum absolute atomic E-state index is 13.0. The normalized spacial score (nSPS) is 14.4. The van der Waals surface area contributed by atoms with Crippen LogP contribution in [0.15, 0.2) is 60.9 Å². The molecule has 0 atom stereocenters. The van der Waals surface area contributed by atoms with Gasteiger partial charge in [-0.2, -0.15) is 0 Å². The summed E-state index contributed by atoms with van der Waals surface area (Å²) in [5, 5.41) is 0. The number of halogens is 1. The molecule has 0 bridgehead atoms. The Morgan fingerprint density at radius 3 is 2.36 bits per heavy atom. The lowest BCUT2D eigenvalue weighted by atomic mass is 10.1. The van der Waals surface area contributed by atoms with E-state index in [1.807, 2.05) is 11.1 Å². The molecule has 1 aliphatic rings. The fraction of sp³-hybridized carbons (Fsp3) is 0.273. The van der Waals surface area contributed by atoms with Gasteiger partial charge in [-0.15, -0.1) is 0 Å². The molecule has 0 radical (unpaired) electrons. The van der Waals surface area contributed by atoms with Gasteiger partial charge in [-0.1, -0.05) is 29.8 Å². The predicted molar refractivity (Wildman–Crippen MR) is 107 cm³/mol. The fourth-order valence-corrected chi connectivity index (χ4v) is 3.48. The smallest absolute Gasteiger partial charge is 0.227 e. The Kier molecular flexibility index (Phi) is 5.10. The molecule has 1 saturated heterocycles. The number of aromatic nitrogens is 2. The van der Waals surface area contributed by atoms with Gasteiger partial charge in [-0.05, 0) is 36.8 Å². The number of carbonyl (C=O) groups excluding carboxylic acids is 1. The zero-order chi connectivity index (χ0) is 19.5. The number of aryl methyl sites for hydroxylation is 1. The molecular weight excluding hydrogens is 355 g/mol. The average molecular weight is 378 g/mol. The summed E-state index contributed by atoms with van der Waals surface area (Å²) in [5.74, 6) is 0.691. The minimum Gasteiger partial charge on any atom is -0.339 e. The van der Waals surface area contributed by atoms with Crippen LogP contribution in [-0.2, 0) is 11.2 Å². The van der Waals surface area contributed by atoms with Crippen LogP contribution in [-0.4, -0.2) is 46.5 Å². The Morgan fingerprint density at radius 1 is 1.00 bits per heavy atom. The zero-order valence-electron chi connectivity index (χ0n) is 15.9. The van der Waals surface area contributed by atoms with Crippen molar-refractivity contribution in [1.82, 2.24) is 14.5 Å². The Morgan fingerprint density at radius 2 is 1.68 bits per heavy atom.